The first-order valence-corrected chi connectivity index (χ1v) is 8.61. The molecule has 1 aliphatic carbocycles. The molecule has 0 N–H and O–H groups in total. The second kappa shape index (κ2) is 4.98. The van der Waals surface area contributed by atoms with Crippen molar-refractivity contribution in [2.75, 3.05) is 6.54 Å². The molecule has 3 atom stereocenters. The van der Waals surface area contributed by atoms with Crippen molar-refractivity contribution in [1.82, 2.24) is 4.90 Å². The molecule has 3 fully saturated rings. The van der Waals surface area contributed by atoms with E-state index in [2.05, 4.69) is 0 Å². The molecule has 6 heteroatoms. The summed E-state index contributed by atoms with van der Waals surface area (Å²) >= 11 is 0. The Morgan fingerprint density at radius 1 is 1.17 bits per heavy atom. The van der Waals surface area contributed by atoms with Gasteiger partial charge in [0.05, 0.1) is 12.6 Å². The molecular formula is C17H22F3NO2. The van der Waals surface area contributed by atoms with E-state index in [1.54, 1.807) is 0 Å². The highest BCUT2D eigenvalue weighted by molar-refractivity contribution is 5.83. The normalized spacial score (nSPS) is 38.7. The van der Waals surface area contributed by atoms with Gasteiger partial charge in [0, 0.05) is 5.54 Å². The van der Waals surface area contributed by atoms with Crippen molar-refractivity contribution < 1.29 is 22.7 Å². The van der Waals surface area contributed by atoms with E-state index in [1.165, 1.54) is 0 Å². The molecule has 1 saturated carbocycles. The average molecular weight is 329 g/mol. The van der Waals surface area contributed by atoms with Crippen molar-refractivity contribution in [3.63, 3.8) is 0 Å². The fourth-order valence-corrected chi connectivity index (χ4v) is 5.23. The molecule has 0 aromatic carbocycles. The van der Waals surface area contributed by atoms with E-state index < -0.39 is 23.2 Å². The predicted molar refractivity (Wildman–Crippen MR) is 77.7 cm³/mol. The van der Waals surface area contributed by atoms with E-state index in [4.69, 9.17) is 4.74 Å². The van der Waals surface area contributed by atoms with Gasteiger partial charge in [0.25, 0.3) is 0 Å². The van der Waals surface area contributed by atoms with Crippen LogP contribution in [0.25, 0.3) is 0 Å². The van der Waals surface area contributed by atoms with Crippen LogP contribution in [0.5, 0.6) is 0 Å². The van der Waals surface area contributed by atoms with Gasteiger partial charge in [0.1, 0.15) is 5.60 Å². The number of rotatable bonds is 0. The number of alkyl halides is 3. The lowest BCUT2D eigenvalue weighted by Crippen LogP contribution is -2.65. The molecule has 23 heavy (non-hydrogen) atoms. The van der Waals surface area contributed by atoms with Crippen molar-refractivity contribution in [1.29, 1.82) is 0 Å². The number of hydrogen-bond acceptors (Lipinski definition) is 2. The van der Waals surface area contributed by atoms with E-state index in [0.29, 0.717) is 19.3 Å². The highest BCUT2D eigenvalue weighted by Gasteiger charge is 2.62. The van der Waals surface area contributed by atoms with Crippen LogP contribution in [0.3, 0.4) is 0 Å². The minimum absolute atomic E-state index is 0.0174. The molecule has 128 valence electrons. The Morgan fingerprint density at radius 3 is 2.48 bits per heavy atom. The van der Waals surface area contributed by atoms with Gasteiger partial charge in [-0.2, -0.15) is 13.2 Å². The largest absolute Gasteiger partial charge is 0.471 e. The second-order valence-electron chi connectivity index (χ2n) is 7.63. The van der Waals surface area contributed by atoms with Crippen LogP contribution in [-0.2, 0) is 9.53 Å². The fraction of sp³-hybridized carbons (Fsp3) is 0.824. The maximum absolute atomic E-state index is 13.2. The molecule has 0 unspecified atom stereocenters. The number of likely N-dealkylation sites (tertiary alicyclic amines) is 1. The van der Waals surface area contributed by atoms with Crippen LogP contribution in [-0.4, -0.2) is 40.8 Å². The highest BCUT2D eigenvalue weighted by atomic mass is 19.4. The third kappa shape index (κ3) is 2.32. The van der Waals surface area contributed by atoms with Gasteiger partial charge in [0.15, 0.2) is 0 Å². The summed E-state index contributed by atoms with van der Waals surface area (Å²) in [5, 5.41) is 0. The lowest BCUT2D eigenvalue weighted by molar-refractivity contribution is -0.202. The summed E-state index contributed by atoms with van der Waals surface area (Å²) in [5.41, 5.74) is -1.30. The standard InChI is InChI=1S/C17H22F3NO2/c18-17(19,20)14(22)21-11-16-8-5-13(23-16)9-12(16)10-15(21)6-3-1-2-4-7-15/h5,8,12-13H,1-4,6-7,9-11H2/t12-,13+,16+/m0/s1. The quantitative estimate of drug-likeness (QED) is 0.636. The summed E-state index contributed by atoms with van der Waals surface area (Å²) in [7, 11) is 0. The second-order valence-corrected chi connectivity index (χ2v) is 7.63. The van der Waals surface area contributed by atoms with Crippen LogP contribution < -0.4 is 0 Å². The molecule has 4 rings (SSSR count). The first kappa shape index (κ1) is 15.5. The molecule has 3 heterocycles. The fourth-order valence-electron chi connectivity index (χ4n) is 5.23. The molecule has 2 saturated heterocycles. The maximum Gasteiger partial charge on any atom is 0.471 e. The topological polar surface area (TPSA) is 29.5 Å². The summed E-state index contributed by atoms with van der Waals surface area (Å²) in [4.78, 5) is 13.3. The SMILES string of the molecule is O=C(N1C[C@]23C=C[C@H](C[C@H]2CC12CCCCCC2)O3)C(F)(F)F. The number of hydrogen-bond donors (Lipinski definition) is 0. The Balaban J connectivity index is 1.71. The molecule has 2 spiro atoms. The van der Waals surface area contributed by atoms with Crippen LogP contribution in [0, 0.1) is 5.92 Å². The monoisotopic (exact) mass is 329 g/mol. The number of carbonyl (C=O) groups excluding carboxylic acids is 1. The van der Waals surface area contributed by atoms with Gasteiger partial charge in [-0.15, -0.1) is 0 Å². The minimum atomic E-state index is -4.82. The Labute approximate surface area is 133 Å². The Kier molecular flexibility index (Phi) is 3.35. The van der Waals surface area contributed by atoms with Crippen molar-refractivity contribution >= 4 is 5.91 Å². The number of amides is 1. The van der Waals surface area contributed by atoms with Gasteiger partial charge in [-0.1, -0.05) is 37.8 Å². The molecule has 1 amide bonds. The van der Waals surface area contributed by atoms with Gasteiger partial charge >= 0.3 is 12.1 Å². The molecule has 0 aromatic rings. The number of halogens is 3. The zero-order valence-corrected chi connectivity index (χ0v) is 13.1. The Bertz CT molecular complexity index is 536. The van der Waals surface area contributed by atoms with E-state index in [0.717, 1.165) is 37.0 Å². The predicted octanol–water partition coefficient (Wildman–Crippen LogP) is 3.59. The summed E-state index contributed by atoms with van der Waals surface area (Å²) in [6.07, 6.45) is 5.86. The van der Waals surface area contributed by atoms with Crippen LogP contribution in [0.2, 0.25) is 0 Å². The van der Waals surface area contributed by atoms with Crippen molar-refractivity contribution in [2.45, 2.75) is 74.8 Å². The van der Waals surface area contributed by atoms with E-state index in [-0.39, 0.29) is 18.6 Å². The third-order valence-electron chi connectivity index (χ3n) is 6.30. The number of piperidine rings is 1. The molecule has 3 nitrogen and oxygen atoms in total. The van der Waals surface area contributed by atoms with Crippen LogP contribution in [0.4, 0.5) is 13.2 Å². The zero-order valence-electron chi connectivity index (χ0n) is 13.1. The van der Waals surface area contributed by atoms with E-state index in [1.807, 2.05) is 12.2 Å². The molecule has 0 aromatic heterocycles. The van der Waals surface area contributed by atoms with Crippen molar-refractivity contribution in [3.05, 3.63) is 12.2 Å². The summed E-state index contributed by atoms with van der Waals surface area (Å²) in [6, 6.07) is 0. The molecule has 4 aliphatic rings. The lowest BCUT2D eigenvalue weighted by Gasteiger charge is -2.54. The highest BCUT2D eigenvalue weighted by Crippen LogP contribution is 2.54. The summed E-state index contributed by atoms with van der Waals surface area (Å²) in [5.74, 6) is -1.44. The Morgan fingerprint density at radius 2 is 1.87 bits per heavy atom. The summed E-state index contributed by atoms with van der Waals surface area (Å²) < 4.78 is 45.6. The first-order chi connectivity index (χ1) is 10.8. The van der Waals surface area contributed by atoms with Crippen molar-refractivity contribution in [3.8, 4) is 0 Å². The lowest BCUT2D eigenvalue weighted by atomic mass is 9.67. The number of ether oxygens (including phenoxy) is 1. The zero-order chi connectivity index (χ0) is 16.3. The third-order valence-corrected chi connectivity index (χ3v) is 6.30. The van der Waals surface area contributed by atoms with Gasteiger partial charge in [0.2, 0.25) is 0 Å². The van der Waals surface area contributed by atoms with E-state index >= 15 is 0 Å². The number of nitrogens with zero attached hydrogens (tertiary/aromatic N) is 1. The maximum atomic E-state index is 13.2. The van der Waals surface area contributed by atoms with Crippen LogP contribution >= 0.6 is 0 Å². The molecule has 0 radical (unpaired) electrons. The number of carbonyl (C=O) groups is 1. The smallest absolute Gasteiger partial charge is 0.361 e. The number of fused-ring (bicyclic) bond motifs is 1. The Hall–Kier alpha value is -1.04. The average Bonchev–Trinajstić information content (AvgIpc) is 2.95. The van der Waals surface area contributed by atoms with Crippen LogP contribution in [0.15, 0.2) is 12.2 Å². The summed E-state index contributed by atoms with van der Waals surface area (Å²) in [6.45, 7) is 0.0585. The van der Waals surface area contributed by atoms with Gasteiger partial charge < -0.3 is 9.64 Å². The minimum Gasteiger partial charge on any atom is -0.361 e. The van der Waals surface area contributed by atoms with Gasteiger partial charge in [-0.25, -0.2) is 0 Å². The molecular weight excluding hydrogens is 307 g/mol. The molecule has 3 aliphatic heterocycles. The van der Waals surface area contributed by atoms with Gasteiger partial charge in [-0.3, -0.25) is 4.79 Å². The van der Waals surface area contributed by atoms with Crippen molar-refractivity contribution in [2.24, 2.45) is 5.92 Å². The first-order valence-electron chi connectivity index (χ1n) is 8.61. The van der Waals surface area contributed by atoms with E-state index in [9.17, 15) is 18.0 Å². The molecule has 2 bridgehead atoms. The van der Waals surface area contributed by atoms with Crippen LogP contribution in [0.1, 0.15) is 51.4 Å². The van der Waals surface area contributed by atoms with Gasteiger partial charge in [-0.05, 0) is 31.6 Å².